The van der Waals surface area contributed by atoms with Crippen molar-refractivity contribution >= 4 is 49.6 Å². The highest BCUT2D eigenvalue weighted by molar-refractivity contribution is 7.81. The summed E-state index contributed by atoms with van der Waals surface area (Å²) in [5.41, 5.74) is 0. The van der Waals surface area contributed by atoms with Crippen LogP contribution in [0.5, 0.6) is 0 Å². The molecule has 0 unspecified atom stereocenters. The van der Waals surface area contributed by atoms with E-state index >= 15 is 0 Å². The Hall–Kier alpha value is 1.10. The number of hydrogen-bond donors (Lipinski definition) is 0. The average Bonchev–Trinajstić information content (AvgIpc) is 1.12. The molecule has 0 aliphatic rings. The molecule has 64 valence electrons. The highest BCUT2D eigenvalue weighted by Gasteiger charge is 2.24. The molecule has 0 saturated carbocycles. The van der Waals surface area contributed by atoms with Crippen molar-refractivity contribution in [2.75, 3.05) is 0 Å². The first-order valence-electron chi connectivity index (χ1n) is 1.51. The Morgan fingerprint density at radius 2 is 0.800 bits per heavy atom. The lowest BCUT2D eigenvalue weighted by Gasteiger charge is -1.85. The fraction of sp³-hybridized carbons (Fsp3) is 1.00. The van der Waals surface area contributed by atoms with E-state index in [2.05, 4.69) is 0 Å². The van der Waals surface area contributed by atoms with E-state index in [9.17, 15) is 17.6 Å². The zero-order valence-electron chi connectivity index (χ0n) is 4.02. The summed E-state index contributed by atoms with van der Waals surface area (Å²) >= 11 is 19.9. The van der Waals surface area contributed by atoms with Gasteiger partial charge in [-0.2, -0.15) is 0 Å². The van der Waals surface area contributed by atoms with Gasteiger partial charge >= 0.3 is 11.7 Å². The molecule has 9 heteroatoms. The van der Waals surface area contributed by atoms with E-state index in [0.29, 0.717) is 0 Å². The molecule has 0 atom stereocenters. The molecule has 0 aliphatic heterocycles. The third-order valence-electron chi connectivity index (χ3n) is 0. The van der Waals surface area contributed by atoms with Crippen LogP contribution >= 0.6 is 44.3 Å². The molecule has 0 fully saturated rings. The minimum atomic E-state index is -5.50. The molecule has 0 saturated heterocycles. The van der Waals surface area contributed by atoms with E-state index < -0.39 is 11.7 Å². The molecular formula is CCl4F4Si. The van der Waals surface area contributed by atoms with E-state index in [0.717, 1.165) is 0 Å². The molecule has 0 heterocycles. The first kappa shape index (κ1) is 13.7. The van der Waals surface area contributed by atoms with Gasteiger partial charge in [-0.15, -0.1) is 61.9 Å². The Morgan fingerprint density at radius 3 is 0.800 bits per heavy atom. The van der Waals surface area contributed by atoms with Gasteiger partial charge in [0.1, 0.15) is 0 Å². The van der Waals surface area contributed by atoms with Crippen molar-refractivity contribution in [3.63, 3.8) is 0 Å². The van der Waals surface area contributed by atoms with Crippen molar-refractivity contribution in [2.45, 2.75) is 6.43 Å². The average molecular weight is 258 g/mol. The normalized spacial score (nSPS) is 12.0. The van der Waals surface area contributed by atoms with Crippen LogP contribution < -0.4 is 0 Å². The second kappa shape index (κ2) is 4.87. The summed E-state index contributed by atoms with van der Waals surface area (Å²) in [4.78, 5) is 0. The van der Waals surface area contributed by atoms with Crippen molar-refractivity contribution in [3.05, 3.63) is 0 Å². The van der Waals surface area contributed by atoms with E-state index in [1.54, 1.807) is 0 Å². The van der Waals surface area contributed by atoms with Gasteiger partial charge in [-0.25, -0.2) is 0 Å². The van der Waals surface area contributed by atoms with Gasteiger partial charge in [-0.05, 0) is 0 Å². The third-order valence-corrected chi connectivity index (χ3v) is 0. The molecule has 0 nitrogen and oxygen atoms in total. The van der Waals surface area contributed by atoms with Crippen LogP contribution in [0.15, 0.2) is 0 Å². The van der Waals surface area contributed by atoms with Crippen molar-refractivity contribution in [2.24, 2.45) is 0 Å². The lowest BCUT2D eigenvalue weighted by Crippen LogP contribution is -1.92. The van der Waals surface area contributed by atoms with Gasteiger partial charge < -0.3 is 0 Å². The second-order valence-electron chi connectivity index (χ2n) is 0.857. The Balaban J connectivity index is 0. The summed E-state index contributed by atoms with van der Waals surface area (Å²) in [6.07, 6.45) is -5.50. The summed E-state index contributed by atoms with van der Waals surface area (Å²) in [6.45, 7) is 0. The lowest BCUT2D eigenvalue weighted by molar-refractivity contribution is -0.237. The Labute approximate surface area is 73.8 Å². The molecule has 0 N–H and O–H groups in total. The van der Waals surface area contributed by atoms with Crippen LogP contribution in [0.4, 0.5) is 17.6 Å². The molecule has 0 bridgehead atoms. The lowest BCUT2D eigenvalue weighted by atomic mass is 11.5. The molecular weight excluding hydrogens is 258 g/mol. The molecule has 0 rings (SSSR count). The maximum atomic E-state index is 9.69. The number of rotatable bonds is 0. The summed E-state index contributed by atoms with van der Waals surface area (Å²) in [5.74, 6) is 0. The Kier molecular flexibility index (Phi) is 6.66. The van der Waals surface area contributed by atoms with Crippen LogP contribution in [0.25, 0.3) is 0 Å². The van der Waals surface area contributed by atoms with E-state index in [4.69, 9.17) is 44.3 Å². The van der Waals surface area contributed by atoms with Gasteiger partial charge in [-0.3, -0.25) is 0 Å². The summed E-state index contributed by atoms with van der Waals surface area (Å²) in [5, 5.41) is -2.72. The minimum Gasteiger partial charge on any atom is -0.140 e. The monoisotopic (exact) mass is 256 g/mol. The van der Waals surface area contributed by atoms with Crippen LogP contribution in [-0.4, -0.2) is 11.7 Å². The zero-order chi connectivity index (χ0) is 9.00. The summed E-state index contributed by atoms with van der Waals surface area (Å²) < 4.78 is 38.8. The van der Waals surface area contributed by atoms with Crippen LogP contribution in [0, 0.1) is 0 Å². The largest absolute Gasteiger partial charge is 0.559 e. The molecule has 0 amide bonds. The summed E-state index contributed by atoms with van der Waals surface area (Å²) in [6, 6.07) is 0. The molecule has 0 aromatic heterocycles. The van der Waals surface area contributed by atoms with Crippen LogP contribution in [-0.2, 0) is 0 Å². The molecule has 10 heavy (non-hydrogen) atoms. The third kappa shape index (κ3) is 496. The van der Waals surface area contributed by atoms with E-state index in [-0.39, 0.29) is 0 Å². The van der Waals surface area contributed by atoms with Gasteiger partial charge in [0.2, 0.25) is 0 Å². The first-order valence-corrected chi connectivity index (χ1v) is 7.56. The zero-order valence-corrected chi connectivity index (χ0v) is 8.05. The van der Waals surface area contributed by atoms with Gasteiger partial charge in [0.25, 0.3) is 0 Å². The van der Waals surface area contributed by atoms with Gasteiger partial charge in [-0.1, -0.05) is 0 Å². The molecule has 0 spiro atoms. The second-order valence-corrected chi connectivity index (χ2v) is 12.0. The maximum absolute atomic E-state index is 9.69. The molecule has 0 radical (unpaired) electrons. The molecule has 0 aromatic carbocycles. The Bertz CT molecular complexity index is 60.2. The minimum absolute atomic E-state index is 2.72. The maximum Gasteiger partial charge on any atom is 0.559 e. The quantitative estimate of drug-likeness (QED) is 0.351. The summed E-state index contributed by atoms with van der Waals surface area (Å²) in [7, 11) is 0. The van der Waals surface area contributed by atoms with Crippen LogP contribution in [0.3, 0.4) is 0 Å². The predicted molar refractivity (Wildman–Crippen MR) is 36.3 cm³/mol. The number of hydrogen-bond acceptors (Lipinski definition) is 0. The highest BCUT2D eigenvalue weighted by atomic mass is 36.0. The van der Waals surface area contributed by atoms with Crippen LogP contribution in [0.1, 0.15) is 0 Å². The standard InChI is InChI=1S/CF4.Cl4Si/c2-1(3,4)5;1-5(2,3)4. The van der Waals surface area contributed by atoms with Crippen molar-refractivity contribution < 1.29 is 17.6 Å². The van der Waals surface area contributed by atoms with Crippen molar-refractivity contribution in [3.8, 4) is 0 Å². The molecule has 0 aromatic rings. The van der Waals surface area contributed by atoms with Crippen molar-refractivity contribution in [1.82, 2.24) is 0 Å². The van der Waals surface area contributed by atoms with Crippen molar-refractivity contribution in [1.29, 1.82) is 0 Å². The van der Waals surface area contributed by atoms with Gasteiger partial charge in [0, 0.05) is 0 Å². The number of alkyl halides is 4. The Morgan fingerprint density at radius 1 is 0.800 bits per heavy atom. The fourth-order valence-electron chi connectivity index (χ4n) is 0. The molecule has 0 aliphatic carbocycles. The van der Waals surface area contributed by atoms with E-state index in [1.165, 1.54) is 0 Å². The highest BCUT2D eigenvalue weighted by Crippen LogP contribution is 2.23. The van der Waals surface area contributed by atoms with E-state index in [1.807, 2.05) is 0 Å². The fourth-order valence-corrected chi connectivity index (χ4v) is 0. The predicted octanol–water partition coefficient (Wildman–Crippen LogP) is 3.85. The van der Waals surface area contributed by atoms with Gasteiger partial charge in [0.15, 0.2) is 0 Å². The topological polar surface area (TPSA) is 0 Å². The number of halogens is 8. The smallest absolute Gasteiger partial charge is 0.140 e. The van der Waals surface area contributed by atoms with Crippen LogP contribution in [0.2, 0.25) is 0 Å². The SMILES string of the molecule is Cl[Si](Cl)(Cl)Cl.FC(F)(F)F. The first-order chi connectivity index (χ1) is 4.00. The van der Waals surface area contributed by atoms with Gasteiger partial charge in [0.05, 0.1) is 0 Å².